The smallest absolute Gasteiger partial charge is 0.184 e. The zero-order chi connectivity index (χ0) is 26.6. The summed E-state index contributed by atoms with van der Waals surface area (Å²) in [5.41, 5.74) is 4.18. The molecule has 4 aromatic rings. The lowest BCUT2D eigenvalue weighted by molar-refractivity contribution is 0.0682. The van der Waals surface area contributed by atoms with Gasteiger partial charge in [0, 0.05) is 17.6 Å². The zero-order valence-corrected chi connectivity index (χ0v) is 22.4. The minimum Gasteiger partial charge on any atom is -0.292 e. The van der Waals surface area contributed by atoms with Gasteiger partial charge in [-0.3, -0.25) is 9.69 Å². The number of carbonyl (C=O) groups is 1. The first-order valence-electron chi connectivity index (χ1n) is 14.1. The van der Waals surface area contributed by atoms with E-state index in [1.807, 2.05) is 53.2 Å². The molecule has 2 heterocycles. The maximum atomic E-state index is 14.4. The second-order valence-corrected chi connectivity index (χ2v) is 10.7. The van der Waals surface area contributed by atoms with Crippen LogP contribution < -0.4 is 0 Å². The van der Waals surface area contributed by atoms with E-state index in [-0.39, 0.29) is 23.8 Å². The third-order valence-electron chi connectivity index (χ3n) is 8.40. The Bertz CT molecular complexity index is 1410. The number of benzene rings is 3. The molecule has 3 aromatic carbocycles. The summed E-state index contributed by atoms with van der Waals surface area (Å²) in [4.78, 5) is 16.9. The van der Waals surface area contributed by atoms with E-state index >= 15 is 0 Å². The monoisotopic (exact) mass is 517 g/mol. The number of rotatable bonds is 7. The van der Waals surface area contributed by atoms with Crippen molar-refractivity contribution in [2.75, 3.05) is 0 Å². The largest absolute Gasteiger partial charge is 0.292 e. The SMILES string of the molecule is C/C=C1\C(c2nnnn2Cc2ccccc2)C(c2ccccc2)N(C2CCCCC2)C1C(=O)c1ccccc1. The van der Waals surface area contributed by atoms with Gasteiger partial charge in [-0.15, -0.1) is 5.10 Å². The summed E-state index contributed by atoms with van der Waals surface area (Å²) in [5.74, 6) is 0.820. The first kappa shape index (κ1) is 25.4. The van der Waals surface area contributed by atoms with Crippen LogP contribution in [0.25, 0.3) is 0 Å². The average Bonchev–Trinajstić information content (AvgIpc) is 3.60. The van der Waals surface area contributed by atoms with Crippen LogP contribution in [0.15, 0.2) is 103 Å². The van der Waals surface area contributed by atoms with Crippen LogP contribution in [0.2, 0.25) is 0 Å². The van der Waals surface area contributed by atoms with Crippen LogP contribution in [-0.2, 0) is 6.54 Å². The van der Waals surface area contributed by atoms with Gasteiger partial charge in [-0.1, -0.05) is 116 Å². The highest BCUT2D eigenvalue weighted by Crippen LogP contribution is 2.52. The lowest BCUT2D eigenvalue weighted by Crippen LogP contribution is -2.46. The minimum absolute atomic E-state index is 0.0429. The second-order valence-electron chi connectivity index (χ2n) is 10.7. The molecule has 0 amide bonds. The topological polar surface area (TPSA) is 63.9 Å². The van der Waals surface area contributed by atoms with E-state index in [0.29, 0.717) is 12.6 Å². The van der Waals surface area contributed by atoms with Crippen LogP contribution in [-0.4, -0.2) is 43.0 Å². The van der Waals surface area contributed by atoms with Crippen molar-refractivity contribution in [2.24, 2.45) is 0 Å². The summed E-state index contributed by atoms with van der Waals surface area (Å²) in [7, 11) is 0. The zero-order valence-electron chi connectivity index (χ0n) is 22.4. The van der Waals surface area contributed by atoms with Gasteiger partial charge in [-0.2, -0.15) is 0 Å². The van der Waals surface area contributed by atoms with Crippen LogP contribution in [0.3, 0.4) is 0 Å². The Labute approximate surface area is 230 Å². The molecule has 3 unspecified atom stereocenters. The molecule has 6 rings (SSSR count). The normalized spacial score (nSPS) is 23.3. The van der Waals surface area contributed by atoms with Crippen LogP contribution in [0.4, 0.5) is 0 Å². The lowest BCUT2D eigenvalue weighted by atomic mass is 9.86. The molecule has 3 atom stereocenters. The molecule has 39 heavy (non-hydrogen) atoms. The first-order valence-corrected chi connectivity index (χ1v) is 14.1. The van der Waals surface area contributed by atoms with Crippen molar-refractivity contribution >= 4 is 5.78 Å². The van der Waals surface area contributed by atoms with E-state index in [2.05, 4.69) is 75.9 Å². The van der Waals surface area contributed by atoms with Gasteiger partial charge < -0.3 is 0 Å². The maximum absolute atomic E-state index is 14.4. The van der Waals surface area contributed by atoms with Gasteiger partial charge in [-0.05, 0) is 46.9 Å². The van der Waals surface area contributed by atoms with Crippen molar-refractivity contribution in [2.45, 2.75) is 69.6 Å². The molecule has 0 spiro atoms. The molecule has 1 saturated carbocycles. The van der Waals surface area contributed by atoms with Crippen LogP contribution in [0.1, 0.15) is 78.3 Å². The maximum Gasteiger partial charge on any atom is 0.184 e. The number of likely N-dealkylation sites (tertiary alicyclic amines) is 1. The summed E-state index contributed by atoms with van der Waals surface area (Å²) < 4.78 is 1.92. The molecule has 1 saturated heterocycles. The summed E-state index contributed by atoms with van der Waals surface area (Å²) in [6.45, 7) is 2.64. The summed E-state index contributed by atoms with van der Waals surface area (Å²) in [5, 5.41) is 13.2. The molecule has 6 nitrogen and oxygen atoms in total. The Morgan fingerprint density at radius 1 is 0.872 bits per heavy atom. The molecule has 0 radical (unpaired) electrons. The quantitative estimate of drug-likeness (QED) is 0.210. The first-order chi connectivity index (χ1) is 19.3. The van der Waals surface area contributed by atoms with E-state index in [9.17, 15) is 4.79 Å². The average molecular weight is 518 g/mol. The molecule has 1 aliphatic carbocycles. The van der Waals surface area contributed by atoms with E-state index in [1.54, 1.807) is 0 Å². The molecular formula is C33H35N5O. The molecule has 0 N–H and O–H groups in total. The molecule has 198 valence electrons. The number of hydrogen-bond acceptors (Lipinski definition) is 5. The summed E-state index contributed by atoms with van der Waals surface area (Å²) in [6.07, 6.45) is 7.98. The molecule has 0 bridgehead atoms. The second kappa shape index (κ2) is 11.5. The van der Waals surface area contributed by atoms with Crippen LogP contribution >= 0.6 is 0 Å². The van der Waals surface area contributed by atoms with E-state index in [0.717, 1.165) is 35.4 Å². The Morgan fingerprint density at radius 3 is 2.18 bits per heavy atom. The van der Waals surface area contributed by atoms with Gasteiger partial charge in [-0.25, -0.2) is 4.68 Å². The number of carbonyl (C=O) groups excluding carboxylic acids is 1. The fraction of sp³-hybridized carbons (Fsp3) is 0.333. The lowest BCUT2D eigenvalue weighted by Gasteiger charge is -2.39. The van der Waals surface area contributed by atoms with Crippen molar-refractivity contribution < 1.29 is 4.79 Å². The van der Waals surface area contributed by atoms with Gasteiger partial charge in [0.2, 0.25) is 0 Å². The van der Waals surface area contributed by atoms with E-state index in [4.69, 9.17) is 0 Å². The summed E-state index contributed by atoms with van der Waals surface area (Å²) >= 11 is 0. The third-order valence-corrected chi connectivity index (χ3v) is 8.40. The van der Waals surface area contributed by atoms with Crippen LogP contribution in [0.5, 0.6) is 0 Å². The standard InChI is InChI=1S/C33H35N5O/c1-2-28-29(33-34-35-36-37(33)23-24-15-7-3-8-16-24)30(25-17-9-4-10-18-25)38(27-21-13-6-14-22-27)31(28)32(39)26-19-11-5-12-20-26/h2-5,7-12,15-20,27,29-31H,6,13-14,21-23H2,1H3/b28-2+. The summed E-state index contributed by atoms with van der Waals surface area (Å²) in [6, 6.07) is 30.6. The van der Waals surface area contributed by atoms with Crippen molar-refractivity contribution in [3.05, 3.63) is 125 Å². The van der Waals surface area contributed by atoms with Crippen LogP contribution in [0, 0.1) is 0 Å². The Kier molecular flexibility index (Phi) is 7.46. The van der Waals surface area contributed by atoms with Crippen molar-refractivity contribution in [3.63, 3.8) is 0 Å². The van der Waals surface area contributed by atoms with E-state index in [1.165, 1.54) is 24.8 Å². The number of aromatic nitrogens is 4. The number of Topliss-reactive ketones (excluding diaryl/α,β-unsaturated/α-hetero) is 1. The van der Waals surface area contributed by atoms with Crippen molar-refractivity contribution in [3.8, 4) is 0 Å². The number of hydrogen-bond donors (Lipinski definition) is 0. The Balaban J connectivity index is 1.51. The highest BCUT2D eigenvalue weighted by atomic mass is 16.1. The highest BCUT2D eigenvalue weighted by Gasteiger charge is 2.53. The van der Waals surface area contributed by atoms with Gasteiger partial charge >= 0.3 is 0 Å². The Hall–Kier alpha value is -3.90. The molecule has 1 aromatic heterocycles. The number of allylic oxidation sites excluding steroid dienone is 1. The van der Waals surface area contributed by atoms with Gasteiger partial charge in [0.05, 0.1) is 18.5 Å². The fourth-order valence-electron chi connectivity index (χ4n) is 6.67. The van der Waals surface area contributed by atoms with Gasteiger partial charge in [0.25, 0.3) is 0 Å². The molecule has 6 heteroatoms. The van der Waals surface area contributed by atoms with E-state index < -0.39 is 0 Å². The fourth-order valence-corrected chi connectivity index (χ4v) is 6.67. The predicted molar refractivity (Wildman–Crippen MR) is 152 cm³/mol. The van der Waals surface area contributed by atoms with Crippen molar-refractivity contribution in [1.82, 2.24) is 25.1 Å². The molecule has 2 aliphatic rings. The molecule has 2 fully saturated rings. The van der Waals surface area contributed by atoms with Gasteiger partial charge in [0.15, 0.2) is 11.6 Å². The minimum atomic E-state index is -0.363. The Morgan fingerprint density at radius 2 is 1.51 bits per heavy atom. The third kappa shape index (κ3) is 4.97. The van der Waals surface area contributed by atoms with Gasteiger partial charge in [0.1, 0.15) is 0 Å². The molecule has 1 aliphatic heterocycles. The number of ketones is 1. The number of nitrogens with zero attached hydrogens (tertiary/aromatic N) is 5. The number of tetrazole rings is 1. The van der Waals surface area contributed by atoms with Crippen molar-refractivity contribution in [1.29, 1.82) is 0 Å². The predicted octanol–water partition coefficient (Wildman–Crippen LogP) is 6.39. The molecular weight excluding hydrogens is 482 g/mol. The highest BCUT2D eigenvalue weighted by molar-refractivity contribution is 6.02.